The molecule has 0 amide bonds. The molecule has 0 aliphatic carbocycles. The van der Waals surface area contributed by atoms with Gasteiger partial charge in [-0.3, -0.25) is 10.1 Å². The highest BCUT2D eigenvalue weighted by Gasteiger charge is 2.22. The highest BCUT2D eigenvalue weighted by Crippen LogP contribution is 2.31. The molecule has 0 saturated carbocycles. The van der Waals surface area contributed by atoms with Gasteiger partial charge >= 0.3 is 5.69 Å². The first kappa shape index (κ1) is 13.2. The third-order valence-electron chi connectivity index (χ3n) is 2.75. The summed E-state index contributed by atoms with van der Waals surface area (Å²) < 4.78 is 4.53. The Bertz CT molecular complexity index is 581. The van der Waals surface area contributed by atoms with E-state index in [0.717, 1.165) is 13.0 Å². The van der Waals surface area contributed by atoms with Gasteiger partial charge in [0.1, 0.15) is 11.2 Å². The van der Waals surface area contributed by atoms with E-state index in [1.165, 1.54) is 4.90 Å². The van der Waals surface area contributed by atoms with E-state index in [0.29, 0.717) is 17.7 Å². The Morgan fingerprint density at radius 1 is 1.42 bits per heavy atom. The van der Waals surface area contributed by atoms with Crippen molar-refractivity contribution in [3.8, 4) is 0 Å². The molecule has 19 heavy (non-hydrogen) atoms. The molecule has 0 aliphatic heterocycles. The smallest absolute Gasteiger partial charge is 0.323 e. The van der Waals surface area contributed by atoms with Crippen LogP contribution in [0.25, 0.3) is 11.0 Å². The maximum atomic E-state index is 11.1. The number of nitrogens with zero attached hydrogens (tertiary/aromatic N) is 3. The third-order valence-corrected chi connectivity index (χ3v) is 2.75. The first-order valence-electron chi connectivity index (χ1n) is 6.02. The molecule has 1 aromatic carbocycles. The van der Waals surface area contributed by atoms with Crippen LogP contribution in [0.1, 0.15) is 6.42 Å². The van der Waals surface area contributed by atoms with Crippen LogP contribution >= 0.6 is 0 Å². The number of quaternary nitrogens is 1. The molecule has 8 heteroatoms. The molecule has 102 valence electrons. The maximum Gasteiger partial charge on any atom is 0.323 e. The van der Waals surface area contributed by atoms with Gasteiger partial charge in [-0.2, -0.15) is 0 Å². The number of nitrogens with one attached hydrogen (secondary N) is 2. The van der Waals surface area contributed by atoms with Gasteiger partial charge < -0.3 is 10.2 Å². The number of nitro benzene ring substituents is 1. The van der Waals surface area contributed by atoms with Crippen molar-refractivity contribution in [3.05, 3.63) is 22.2 Å². The van der Waals surface area contributed by atoms with E-state index in [1.54, 1.807) is 12.1 Å². The minimum Gasteiger partial charge on any atom is -0.379 e. The number of rotatable bonds is 6. The van der Waals surface area contributed by atoms with Gasteiger partial charge in [-0.25, -0.2) is 4.63 Å². The molecule has 2 aromatic rings. The molecule has 0 spiro atoms. The molecule has 0 unspecified atom stereocenters. The monoisotopic (exact) mass is 266 g/mol. The predicted molar refractivity (Wildman–Crippen MR) is 69.2 cm³/mol. The Balaban J connectivity index is 2.17. The summed E-state index contributed by atoms with van der Waals surface area (Å²) in [7, 11) is 4.13. The highest BCUT2D eigenvalue weighted by atomic mass is 16.6. The van der Waals surface area contributed by atoms with Crippen molar-refractivity contribution in [1.82, 2.24) is 10.3 Å². The normalized spacial score (nSPS) is 11.1. The minimum atomic E-state index is -0.466. The molecule has 0 aliphatic rings. The minimum absolute atomic E-state index is 0.0871. The van der Waals surface area contributed by atoms with E-state index in [-0.39, 0.29) is 11.2 Å². The van der Waals surface area contributed by atoms with Crippen molar-refractivity contribution < 1.29 is 14.5 Å². The van der Waals surface area contributed by atoms with Crippen LogP contribution in [-0.2, 0) is 0 Å². The Morgan fingerprint density at radius 2 is 2.21 bits per heavy atom. The summed E-state index contributed by atoms with van der Waals surface area (Å²) >= 11 is 0. The fourth-order valence-corrected chi connectivity index (χ4v) is 1.83. The highest BCUT2D eigenvalue weighted by molar-refractivity contribution is 5.90. The van der Waals surface area contributed by atoms with Crippen LogP contribution in [0.4, 0.5) is 11.4 Å². The first-order valence-corrected chi connectivity index (χ1v) is 6.02. The lowest BCUT2D eigenvalue weighted by atomic mass is 10.2. The second-order valence-corrected chi connectivity index (χ2v) is 4.59. The summed E-state index contributed by atoms with van der Waals surface area (Å²) in [5, 5.41) is 21.4. The van der Waals surface area contributed by atoms with Gasteiger partial charge in [-0.15, -0.1) is 0 Å². The average molecular weight is 266 g/mol. The van der Waals surface area contributed by atoms with Crippen LogP contribution in [0.15, 0.2) is 16.8 Å². The third kappa shape index (κ3) is 2.97. The molecule has 1 heterocycles. The summed E-state index contributed by atoms with van der Waals surface area (Å²) in [5.74, 6) is 0. The van der Waals surface area contributed by atoms with Crippen molar-refractivity contribution in [1.29, 1.82) is 0 Å². The zero-order chi connectivity index (χ0) is 13.8. The number of benzene rings is 1. The predicted octanol–water partition coefficient (Wildman–Crippen LogP) is 0.0775. The van der Waals surface area contributed by atoms with Gasteiger partial charge in [0.15, 0.2) is 0 Å². The van der Waals surface area contributed by atoms with Gasteiger partial charge in [0, 0.05) is 13.0 Å². The second kappa shape index (κ2) is 5.61. The summed E-state index contributed by atoms with van der Waals surface area (Å²) in [6.07, 6.45) is 0.925. The van der Waals surface area contributed by atoms with Crippen LogP contribution in [0.2, 0.25) is 0 Å². The second-order valence-electron chi connectivity index (χ2n) is 4.59. The van der Waals surface area contributed by atoms with Gasteiger partial charge in [0.2, 0.25) is 5.52 Å². The molecule has 0 fully saturated rings. The topological polar surface area (TPSA) is 98.5 Å². The molecular weight excluding hydrogens is 250 g/mol. The zero-order valence-electron chi connectivity index (χ0n) is 10.8. The van der Waals surface area contributed by atoms with Crippen LogP contribution in [0.3, 0.4) is 0 Å². The van der Waals surface area contributed by atoms with Crippen molar-refractivity contribution in [3.63, 3.8) is 0 Å². The van der Waals surface area contributed by atoms with Gasteiger partial charge in [0.25, 0.3) is 0 Å². The van der Waals surface area contributed by atoms with Crippen LogP contribution in [0, 0.1) is 10.1 Å². The number of aromatic nitrogens is 2. The molecule has 1 aromatic heterocycles. The van der Waals surface area contributed by atoms with E-state index >= 15 is 0 Å². The van der Waals surface area contributed by atoms with Crippen molar-refractivity contribution in [2.45, 2.75) is 6.42 Å². The lowest BCUT2D eigenvalue weighted by molar-refractivity contribution is -0.858. The summed E-state index contributed by atoms with van der Waals surface area (Å²) in [5.41, 5.74) is 0.918. The molecule has 0 saturated heterocycles. The average Bonchev–Trinajstić information content (AvgIpc) is 2.81. The molecule has 8 nitrogen and oxygen atoms in total. The lowest BCUT2D eigenvalue weighted by Crippen LogP contribution is -3.05. The number of hydrogen-bond acceptors (Lipinski definition) is 6. The van der Waals surface area contributed by atoms with Crippen LogP contribution in [-0.4, -0.2) is 42.4 Å². The van der Waals surface area contributed by atoms with E-state index in [1.807, 2.05) is 0 Å². The Hall–Kier alpha value is -2.22. The van der Waals surface area contributed by atoms with Crippen molar-refractivity contribution in [2.24, 2.45) is 0 Å². The van der Waals surface area contributed by atoms with Crippen molar-refractivity contribution in [2.75, 3.05) is 32.5 Å². The van der Waals surface area contributed by atoms with Gasteiger partial charge in [0.05, 0.1) is 25.6 Å². The van der Waals surface area contributed by atoms with Crippen molar-refractivity contribution >= 4 is 22.4 Å². The van der Waals surface area contributed by atoms with E-state index < -0.39 is 4.92 Å². The van der Waals surface area contributed by atoms with E-state index in [9.17, 15) is 10.1 Å². The zero-order valence-corrected chi connectivity index (χ0v) is 10.8. The molecule has 0 bridgehead atoms. The van der Waals surface area contributed by atoms with E-state index in [2.05, 4.69) is 34.4 Å². The molecule has 2 N–H and O–H groups in total. The Kier molecular flexibility index (Phi) is 3.91. The standard InChI is InChI=1S/C11H15N5O3/c1-15(2)7-3-6-12-9-5-4-8-10(14-19-13-8)11(9)16(17)18/h4-5,12H,3,6-7H2,1-2H3/p+1. The SMILES string of the molecule is C[NH+](C)CCCNc1ccc2nonc2c1[N+](=O)[O-]. The largest absolute Gasteiger partial charge is 0.379 e. The van der Waals surface area contributed by atoms with Gasteiger partial charge in [-0.05, 0) is 22.4 Å². The molecular formula is C11H16N5O3+. The Labute approximate surface area is 109 Å². The quantitative estimate of drug-likeness (QED) is 0.436. The summed E-state index contributed by atoms with van der Waals surface area (Å²) in [4.78, 5) is 12.0. The maximum absolute atomic E-state index is 11.1. The number of fused-ring (bicyclic) bond motifs is 1. The van der Waals surface area contributed by atoms with Crippen LogP contribution < -0.4 is 10.2 Å². The fraction of sp³-hybridized carbons (Fsp3) is 0.455. The summed E-state index contributed by atoms with van der Waals surface area (Å²) in [6.45, 7) is 1.66. The van der Waals surface area contributed by atoms with Gasteiger partial charge in [-0.1, -0.05) is 0 Å². The molecule has 0 atom stereocenters. The van der Waals surface area contributed by atoms with E-state index in [4.69, 9.17) is 0 Å². The number of hydrogen-bond donors (Lipinski definition) is 2. The molecule has 2 rings (SSSR count). The van der Waals surface area contributed by atoms with Crippen LogP contribution in [0.5, 0.6) is 0 Å². The number of nitro groups is 1. The lowest BCUT2D eigenvalue weighted by Gasteiger charge is -2.09. The fourth-order valence-electron chi connectivity index (χ4n) is 1.83. The number of anilines is 1. The Morgan fingerprint density at radius 3 is 2.89 bits per heavy atom. The summed E-state index contributed by atoms with van der Waals surface area (Å²) in [6, 6.07) is 3.28. The molecule has 0 radical (unpaired) electrons. The first-order chi connectivity index (χ1) is 9.09.